The smallest absolute Gasteiger partial charge is 0.337 e. The molecule has 0 atom stereocenters. The molecule has 116 valence electrons. The highest BCUT2D eigenvalue weighted by Gasteiger charge is 2.31. The normalized spacial score (nSPS) is 19.9. The van der Waals surface area contributed by atoms with Gasteiger partial charge in [0.2, 0.25) is 0 Å². The van der Waals surface area contributed by atoms with Gasteiger partial charge in [-0.3, -0.25) is 0 Å². The van der Waals surface area contributed by atoms with Crippen molar-refractivity contribution >= 4 is 16.0 Å². The van der Waals surface area contributed by atoms with Gasteiger partial charge in [-0.1, -0.05) is 13.8 Å². The minimum atomic E-state index is -3.65. The Labute approximate surface area is 124 Å². The van der Waals surface area contributed by atoms with E-state index in [0.717, 1.165) is 25.5 Å². The molecule has 0 bridgehead atoms. The average molecular weight is 312 g/mol. The van der Waals surface area contributed by atoms with E-state index in [4.69, 9.17) is 5.11 Å². The molecule has 2 heterocycles. The second-order valence-corrected chi connectivity index (χ2v) is 8.00. The fourth-order valence-corrected chi connectivity index (χ4v) is 3.82. The van der Waals surface area contributed by atoms with Gasteiger partial charge in [0.15, 0.2) is 5.03 Å². The third kappa shape index (κ3) is 3.59. The van der Waals surface area contributed by atoms with Crippen molar-refractivity contribution in [3.8, 4) is 0 Å². The first kappa shape index (κ1) is 15.9. The van der Waals surface area contributed by atoms with Crippen LogP contribution in [0.1, 0.15) is 43.5 Å². The Balaban J connectivity index is 2.23. The number of sulfonamides is 1. The minimum Gasteiger partial charge on any atom is -0.478 e. The van der Waals surface area contributed by atoms with Crippen molar-refractivity contribution in [1.82, 2.24) is 9.29 Å². The van der Waals surface area contributed by atoms with E-state index in [0.29, 0.717) is 13.1 Å². The minimum absolute atomic E-state index is 0.0223. The lowest BCUT2D eigenvalue weighted by molar-refractivity contribution is 0.0696. The summed E-state index contributed by atoms with van der Waals surface area (Å²) < 4.78 is 26.5. The molecule has 1 saturated heterocycles. The van der Waals surface area contributed by atoms with Crippen LogP contribution >= 0.6 is 0 Å². The molecule has 0 aliphatic carbocycles. The fourth-order valence-electron chi connectivity index (χ4n) is 2.43. The zero-order valence-corrected chi connectivity index (χ0v) is 13.1. The van der Waals surface area contributed by atoms with Crippen LogP contribution in [0.3, 0.4) is 0 Å². The third-order valence-electron chi connectivity index (χ3n) is 3.89. The molecule has 6 nitrogen and oxygen atoms in total. The van der Waals surface area contributed by atoms with E-state index >= 15 is 0 Å². The summed E-state index contributed by atoms with van der Waals surface area (Å²) in [6.07, 6.45) is 3.69. The van der Waals surface area contributed by atoms with Crippen molar-refractivity contribution in [3.05, 3.63) is 23.9 Å². The molecule has 0 radical (unpaired) electrons. The largest absolute Gasteiger partial charge is 0.478 e. The van der Waals surface area contributed by atoms with Crippen LogP contribution in [0.2, 0.25) is 0 Å². The number of carboxylic acids is 1. The topological polar surface area (TPSA) is 87.6 Å². The fraction of sp³-hybridized carbons (Fsp3) is 0.571. The van der Waals surface area contributed by atoms with E-state index in [1.807, 2.05) is 0 Å². The van der Waals surface area contributed by atoms with E-state index in [-0.39, 0.29) is 16.0 Å². The Bertz CT molecular complexity index is 623. The van der Waals surface area contributed by atoms with Crippen molar-refractivity contribution < 1.29 is 18.3 Å². The highest BCUT2D eigenvalue weighted by Crippen LogP contribution is 2.31. The molecule has 1 aliphatic rings. The van der Waals surface area contributed by atoms with Crippen molar-refractivity contribution in [2.45, 2.75) is 38.1 Å². The highest BCUT2D eigenvalue weighted by molar-refractivity contribution is 7.89. The Hall–Kier alpha value is -1.47. The molecule has 21 heavy (non-hydrogen) atoms. The number of aromatic nitrogens is 1. The molecule has 0 amide bonds. The molecule has 1 aliphatic heterocycles. The number of carbonyl (C=O) groups is 1. The first-order valence-electron chi connectivity index (χ1n) is 6.92. The van der Waals surface area contributed by atoms with Crippen LogP contribution in [0.5, 0.6) is 0 Å². The zero-order chi connectivity index (χ0) is 15.7. The second-order valence-electron chi connectivity index (χ2n) is 6.11. The number of hydrogen-bond donors (Lipinski definition) is 1. The molecular formula is C14H20N2O4S. The number of rotatable bonds is 3. The van der Waals surface area contributed by atoms with Crippen LogP contribution in [-0.2, 0) is 10.0 Å². The molecule has 0 unspecified atom stereocenters. The lowest BCUT2D eigenvalue weighted by Gasteiger charge is -2.22. The van der Waals surface area contributed by atoms with Crippen LogP contribution in [0.15, 0.2) is 23.4 Å². The maximum Gasteiger partial charge on any atom is 0.337 e. The summed E-state index contributed by atoms with van der Waals surface area (Å²) in [5, 5.41) is 8.73. The van der Waals surface area contributed by atoms with Gasteiger partial charge < -0.3 is 5.11 Å². The SMILES string of the molecule is CC1(C)CCCN(S(=O)(=O)c2ccc(C(=O)O)cn2)CC1. The van der Waals surface area contributed by atoms with Crippen molar-refractivity contribution in [2.24, 2.45) is 5.41 Å². The Morgan fingerprint density at radius 1 is 1.29 bits per heavy atom. The monoisotopic (exact) mass is 312 g/mol. The molecule has 1 aromatic heterocycles. The highest BCUT2D eigenvalue weighted by atomic mass is 32.2. The van der Waals surface area contributed by atoms with E-state index in [1.165, 1.54) is 16.4 Å². The zero-order valence-electron chi connectivity index (χ0n) is 12.2. The van der Waals surface area contributed by atoms with Gasteiger partial charge in [0.1, 0.15) is 0 Å². The first-order valence-corrected chi connectivity index (χ1v) is 8.36. The first-order chi connectivity index (χ1) is 9.72. The molecule has 7 heteroatoms. The Kier molecular flexibility index (Phi) is 4.34. The van der Waals surface area contributed by atoms with E-state index in [1.54, 1.807) is 0 Å². The molecule has 1 N–H and O–H groups in total. The van der Waals surface area contributed by atoms with Gasteiger partial charge in [-0.15, -0.1) is 0 Å². The molecule has 1 aromatic rings. The number of aromatic carboxylic acids is 1. The van der Waals surface area contributed by atoms with Gasteiger partial charge >= 0.3 is 5.97 Å². The predicted octanol–water partition coefficient (Wildman–Crippen LogP) is 1.98. The molecular weight excluding hydrogens is 292 g/mol. The molecule has 1 fully saturated rings. The Morgan fingerprint density at radius 2 is 2.00 bits per heavy atom. The van der Waals surface area contributed by atoms with Crippen LogP contribution in [0.25, 0.3) is 0 Å². The summed E-state index contributed by atoms with van der Waals surface area (Å²) >= 11 is 0. The summed E-state index contributed by atoms with van der Waals surface area (Å²) in [5.74, 6) is -1.12. The summed E-state index contributed by atoms with van der Waals surface area (Å²) in [4.78, 5) is 14.6. The quantitative estimate of drug-likeness (QED) is 0.922. The number of pyridine rings is 1. The summed E-state index contributed by atoms with van der Waals surface area (Å²) in [6.45, 7) is 5.23. The Morgan fingerprint density at radius 3 is 2.57 bits per heavy atom. The average Bonchev–Trinajstić information content (AvgIpc) is 2.60. The van der Waals surface area contributed by atoms with Crippen molar-refractivity contribution in [2.75, 3.05) is 13.1 Å². The van der Waals surface area contributed by atoms with Gasteiger partial charge in [0, 0.05) is 19.3 Å². The second kappa shape index (κ2) is 5.73. The van der Waals surface area contributed by atoms with Crippen LogP contribution in [-0.4, -0.2) is 41.9 Å². The number of hydrogen-bond acceptors (Lipinski definition) is 4. The van der Waals surface area contributed by atoms with Gasteiger partial charge in [-0.25, -0.2) is 18.2 Å². The van der Waals surface area contributed by atoms with Crippen molar-refractivity contribution in [3.63, 3.8) is 0 Å². The summed E-state index contributed by atoms with van der Waals surface area (Å²) in [6, 6.07) is 2.53. The van der Waals surface area contributed by atoms with E-state index < -0.39 is 16.0 Å². The molecule has 0 spiro atoms. The third-order valence-corrected chi connectivity index (χ3v) is 5.70. The van der Waals surface area contributed by atoms with E-state index in [9.17, 15) is 13.2 Å². The van der Waals surface area contributed by atoms with Crippen LogP contribution in [0.4, 0.5) is 0 Å². The van der Waals surface area contributed by atoms with Crippen LogP contribution in [0, 0.1) is 5.41 Å². The lowest BCUT2D eigenvalue weighted by atomic mass is 9.85. The van der Waals surface area contributed by atoms with Crippen molar-refractivity contribution in [1.29, 1.82) is 0 Å². The predicted molar refractivity (Wildman–Crippen MR) is 77.6 cm³/mol. The van der Waals surface area contributed by atoms with Crippen LogP contribution < -0.4 is 0 Å². The summed E-state index contributed by atoms with van der Waals surface area (Å²) in [5.41, 5.74) is 0.121. The maximum atomic E-state index is 12.5. The molecule has 2 rings (SSSR count). The summed E-state index contributed by atoms with van der Waals surface area (Å²) in [7, 11) is -3.65. The maximum absolute atomic E-state index is 12.5. The standard InChI is InChI=1S/C14H20N2O4S/c1-14(2)6-3-8-16(9-7-14)21(19,20)12-5-4-11(10-15-12)13(17)18/h4-5,10H,3,6-9H2,1-2H3,(H,17,18). The van der Waals surface area contributed by atoms with Gasteiger partial charge in [0.25, 0.3) is 10.0 Å². The lowest BCUT2D eigenvalue weighted by Crippen LogP contribution is -2.33. The van der Waals surface area contributed by atoms with Gasteiger partial charge in [0.05, 0.1) is 5.56 Å². The molecule has 0 saturated carbocycles. The molecule has 0 aromatic carbocycles. The van der Waals surface area contributed by atoms with E-state index in [2.05, 4.69) is 18.8 Å². The number of nitrogens with zero attached hydrogens (tertiary/aromatic N) is 2. The van der Waals surface area contributed by atoms with Gasteiger partial charge in [-0.2, -0.15) is 4.31 Å². The number of carboxylic acid groups (broad SMARTS) is 1. The van der Waals surface area contributed by atoms with Gasteiger partial charge in [-0.05, 0) is 36.8 Å².